The zero-order chi connectivity index (χ0) is 18.7. The van der Waals surface area contributed by atoms with E-state index in [2.05, 4.69) is 9.71 Å². The molecule has 0 fully saturated rings. The van der Waals surface area contributed by atoms with Gasteiger partial charge in [-0.2, -0.15) is 0 Å². The number of methoxy groups -OCH3 is 2. The molecule has 0 saturated heterocycles. The van der Waals surface area contributed by atoms with Gasteiger partial charge in [-0.3, -0.25) is 4.72 Å². The molecule has 0 unspecified atom stereocenters. The number of benzene rings is 2. The van der Waals surface area contributed by atoms with Crippen molar-refractivity contribution in [2.45, 2.75) is 4.90 Å². The van der Waals surface area contributed by atoms with Gasteiger partial charge in [-0.1, -0.05) is 0 Å². The Morgan fingerprint density at radius 2 is 1.73 bits per heavy atom. The first-order valence-electron chi connectivity index (χ1n) is 7.39. The summed E-state index contributed by atoms with van der Waals surface area (Å²) < 4.78 is 50.5. The number of thiazole rings is 1. The van der Waals surface area contributed by atoms with E-state index in [9.17, 15) is 12.8 Å². The van der Waals surface area contributed by atoms with Crippen LogP contribution in [-0.2, 0) is 10.0 Å². The molecule has 0 aliphatic rings. The molecule has 26 heavy (non-hydrogen) atoms. The Labute approximate surface area is 154 Å². The molecule has 0 aliphatic heterocycles. The summed E-state index contributed by atoms with van der Waals surface area (Å²) in [4.78, 5) is 4.26. The fraction of sp³-hybridized carbons (Fsp3) is 0.118. The van der Waals surface area contributed by atoms with Crippen LogP contribution in [0.4, 0.5) is 9.52 Å². The van der Waals surface area contributed by atoms with E-state index in [4.69, 9.17) is 9.47 Å². The van der Waals surface area contributed by atoms with Crippen molar-refractivity contribution >= 4 is 26.5 Å². The van der Waals surface area contributed by atoms with Crippen LogP contribution in [0.1, 0.15) is 0 Å². The molecule has 3 rings (SSSR count). The molecule has 0 radical (unpaired) electrons. The van der Waals surface area contributed by atoms with Crippen molar-refractivity contribution < 1.29 is 22.3 Å². The highest BCUT2D eigenvalue weighted by molar-refractivity contribution is 7.93. The molecule has 0 bridgehead atoms. The average Bonchev–Trinajstić information content (AvgIpc) is 3.09. The molecule has 1 heterocycles. The number of anilines is 1. The molecule has 6 nitrogen and oxygen atoms in total. The summed E-state index contributed by atoms with van der Waals surface area (Å²) in [7, 11) is -0.759. The van der Waals surface area contributed by atoms with Crippen LogP contribution in [0, 0.1) is 5.82 Å². The second-order valence-electron chi connectivity index (χ2n) is 5.17. The Balaban J connectivity index is 1.85. The molecule has 136 valence electrons. The van der Waals surface area contributed by atoms with Crippen molar-refractivity contribution in [1.29, 1.82) is 0 Å². The number of hydrogen-bond donors (Lipinski definition) is 1. The fourth-order valence-electron chi connectivity index (χ4n) is 2.24. The van der Waals surface area contributed by atoms with Gasteiger partial charge in [0.15, 0.2) is 16.6 Å². The fourth-order valence-corrected chi connectivity index (χ4v) is 4.21. The van der Waals surface area contributed by atoms with Crippen molar-refractivity contribution in [3.05, 3.63) is 53.7 Å². The number of nitrogens with zero attached hydrogens (tertiary/aromatic N) is 1. The molecule has 0 aliphatic carbocycles. The highest BCUT2D eigenvalue weighted by Crippen LogP contribution is 2.33. The molecule has 0 spiro atoms. The van der Waals surface area contributed by atoms with Crippen LogP contribution in [0.25, 0.3) is 11.3 Å². The molecule has 0 amide bonds. The van der Waals surface area contributed by atoms with Crippen molar-refractivity contribution in [3.63, 3.8) is 0 Å². The lowest BCUT2D eigenvalue weighted by Gasteiger charge is -2.08. The molecule has 1 N–H and O–H groups in total. The maximum atomic E-state index is 13.0. The monoisotopic (exact) mass is 394 g/mol. The maximum absolute atomic E-state index is 13.0. The van der Waals surface area contributed by atoms with Gasteiger partial charge in [-0.05, 0) is 42.5 Å². The number of hydrogen-bond acceptors (Lipinski definition) is 6. The van der Waals surface area contributed by atoms with Crippen LogP contribution >= 0.6 is 11.3 Å². The third kappa shape index (κ3) is 3.78. The third-order valence-corrected chi connectivity index (χ3v) is 5.77. The summed E-state index contributed by atoms with van der Waals surface area (Å²) in [6, 6.07) is 9.87. The number of nitrogens with one attached hydrogen (secondary N) is 1. The predicted molar refractivity (Wildman–Crippen MR) is 97.9 cm³/mol. The summed E-state index contributed by atoms with van der Waals surface area (Å²) in [6.07, 6.45) is 0. The first-order chi connectivity index (χ1) is 12.4. The van der Waals surface area contributed by atoms with Gasteiger partial charge in [-0.25, -0.2) is 17.8 Å². The van der Waals surface area contributed by atoms with Crippen molar-refractivity contribution in [2.24, 2.45) is 0 Å². The van der Waals surface area contributed by atoms with Crippen LogP contribution in [0.3, 0.4) is 0 Å². The molecular weight excluding hydrogens is 379 g/mol. The lowest BCUT2D eigenvalue weighted by molar-refractivity contribution is 0.355. The number of sulfonamides is 1. The van der Waals surface area contributed by atoms with Gasteiger partial charge >= 0.3 is 0 Å². The summed E-state index contributed by atoms with van der Waals surface area (Å²) >= 11 is 1.14. The van der Waals surface area contributed by atoms with Crippen molar-refractivity contribution in [3.8, 4) is 22.8 Å². The van der Waals surface area contributed by atoms with E-state index in [1.807, 2.05) is 0 Å². The first kappa shape index (κ1) is 18.2. The van der Waals surface area contributed by atoms with Gasteiger partial charge < -0.3 is 9.47 Å². The number of aromatic nitrogens is 1. The third-order valence-electron chi connectivity index (χ3n) is 3.53. The van der Waals surface area contributed by atoms with E-state index in [1.165, 1.54) is 19.2 Å². The Morgan fingerprint density at radius 1 is 1.04 bits per heavy atom. The largest absolute Gasteiger partial charge is 0.493 e. The molecule has 1 aromatic heterocycles. The van der Waals surface area contributed by atoms with E-state index in [-0.39, 0.29) is 10.0 Å². The Hall–Kier alpha value is -2.65. The van der Waals surface area contributed by atoms with Gasteiger partial charge in [0.1, 0.15) is 5.82 Å². The Morgan fingerprint density at radius 3 is 2.38 bits per heavy atom. The molecule has 2 aromatic carbocycles. The Kier molecular flexibility index (Phi) is 5.10. The summed E-state index contributed by atoms with van der Waals surface area (Å²) in [5, 5.41) is 1.93. The van der Waals surface area contributed by atoms with Crippen LogP contribution < -0.4 is 14.2 Å². The number of ether oxygens (including phenoxy) is 2. The lowest BCUT2D eigenvalue weighted by atomic mass is 10.1. The van der Waals surface area contributed by atoms with Gasteiger partial charge in [0.25, 0.3) is 10.0 Å². The van der Waals surface area contributed by atoms with Crippen molar-refractivity contribution in [2.75, 3.05) is 18.9 Å². The number of rotatable bonds is 6. The van der Waals surface area contributed by atoms with E-state index >= 15 is 0 Å². The smallest absolute Gasteiger partial charge is 0.263 e. The van der Waals surface area contributed by atoms with Gasteiger partial charge in [-0.15, -0.1) is 11.3 Å². The van der Waals surface area contributed by atoms with Gasteiger partial charge in [0.05, 0.1) is 24.8 Å². The summed E-state index contributed by atoms with van der Waals surface area (Å²) in [5.41, 5.74) is 1.35. The minimum Gasteiger partial charge on any atom is -0.493 e. The molecule has 0 saturated carbocycles. The standard InChI is InChI=1S/C17H15FN2O4S2/c1-23-15-8-3-11(9-16(15)24-2)14-10-25-17(19-14)20-26(21,22)13-6-4-12(18)5-7-13/h3-10H,1-2H3,(H,19,20). The minimum atomic E-state index is -3.84. The first-order valence-corrected chi connectivity index (χ1v) is 9.75. The summed E-state index contributed by atoms with van der Waals surface area (Å²) in [6.45, 7) is 0. The van der Waals surface area contributed by atoms with E-state index in [0.717, 1.165) is 29.0 Å². The van der Waals surface area contributed by atoms with Crippen molar-refractivity contribution in [1.82, 2.24) is 4.98 Å². The summed E-state index contributed by atoms with van der Waals surface area (Å²) in [5.74, 6) is 0.629. The zero-order valence-electron chi connectivity index (χ0n) is 13.9. The van der Waals surface area contributed by atoms with E-state index in [1.54, 1.807) is 30.7 Å². The molecule has 0 atom stereocenters. The predicted octanol–water partition coefficient (Wildman–Crippen LogP) is 3.77. The van der Waals surface area contributed by atoms with Gasteiger partial charge in [0, 0.05) is 10.9 Å². The molecule has 3 aromatic rings. The highest BCUT2D eigenvalue weighted by Gasteiger charge is 2.17. The zero-order valence-corrected chi connectivity index (χ0v) is 15.5. The van der Waals surface area contributed by atoms with Crippen LogP contribution in [-0.4, -0.2) is 27.6 Å². The second-order valence-corrected chi connectivity index (χ2v) is 7.71. The quantitative estimate of drug-likeness (QED) is 0.689. The van der Waals surface area contributed by atoms with Crippen LogP contribution in [0.2, 0.25) is 0 Å². The normalized spacial score (nSPS) is 11.2. The van der Waals surface area contributed by atoms with Crippen LogP contribution in [0.5, 0.6) is 11.5 Å². The maximum Gasteiger partial charge on any atom is 0.263 e. The average molecular weight is 394 g/mol. The van der Waals surface area contributed by atoms with E-state index in [0.29, 0.717) is 17.2 Å². The van der Waals surface area contributed by atoms with Gasteiger partial charge in [0.2, 0.25) is 0 Å². The SMILES string of the molecule is COc1ccc(-c2csc(NS(=O)(=O)c3ccc(F)cc3)n2)cc1OC. The Bertz CT molecular complexity index is 1020. The van der Waals surface area contributed by atoms with Crippen LogP contribution in [0.15, 0.2) is 52.7 Å². The lowest BCUT2D eigenvalue weighted by Crippen LogP contribution is -2.12. The molecule has 9 heteroatoms. The van der Waals surface area contributed by atoms with E-state index < -0.39 is 15.8 Å². The topological polar surface area (TPSA) is 77.5 Å². The second kappa shape index (κ2) is 7.30. The number of halogens is 1. The highest BCUT2D eigenvalue weighted by atomic mass is 32.2. The molecular formula is C17H15FN2O4S2. The minimum absolute atomic E-state index is 0.0400.